The Morgan fingerprint density at radius 1 is 1.75 bits per heavy atom. The molecule has 0 spiro atoms. The van der Waals surface area contributed by atoms with E-state index in [0.29, 0.717) is 12.6 Å². The molecule has 0 fully saturated rings. The maximum Gasteiger partial charge on any atom is 0.109 e. The van der Waals surface area contributed by atoms with E-state index in [1.54, 1.807) is 11.3 Å². The van der Waals surface area contributed by atoms with E-state index in [1.165, 1.54) is 0 Å². The summed E-state index contributed by atoms with van der Waals surface area (Å²) in [5, 5.41) is 3.16. The maximum atomic E-state index is 5.46. The Balaban J connectivity index is 2.53. The largest absolute Gasteiger partial charge is 0.329 e. The summed E-state index contributed by atoms with van der Waals surface area (Å²) < 4.78 is 0. The molecule has 0 aliphatic heterocycles. The van der Waals surface area contributed by atoms with Crippen LogP contribution in [0.5, 0.6) is 0 Å². The van der Waals surface area contributed by atoms with Gasteiger partial charge in [0, 0.05) is 24.7 Å². The van der Waals surface area contributed by atoms with Crippen LogP contribution in [-0.2, 0) is 0 Å². The average Bonchev–Trinajstić information content (AvgIpc) is 2.55. The first-order valence-electron chi connectivity index (χ1n) is 4.05. The van der Waals surface area contributed by atoms with Crippen LogP contribution >= 0.6 is 11.3 Å². The van der Waals surface area contributed by atoms with Gasteiger partial charge in [0.2, 0.25) is 0 Å². The van der Waals surface area contributed by atoms with Gasteiger partial charge in [0.25, 0.3) is 0 Å². The maximum absolute atomic E-state index is 5.46. The van der Waals surface area contributed by atoms with E-state index in [4.69, 9.17) is 5.73 Å². The molecule has 68 valence electrons. The van der Waals surface area contributed by atoms with Gasteiger partial charge in [0.05, 0.1) is 6.04 Å². The van der Waals surface area contributed by atoms with Gasteiger partial charge in [-0.3, -0.25) is 4.90 Å². The van der Waals surface area contributed by atoms with Gasteiger partial charge in [-0.2, -0.15) is 0 Å². The lowest BCUT2D eigenvalue weighted by Gasteiger charge is -2.21. The molecule has 12 heavy (non-hydrogen) atoms. The van der Waals surface area contributed by atoms with Crippen molar-refractivity contribution >= 4 is 11.3 Å². The molecule has 0 aliphatic rings. The molecular weight excluding hydrogens is 170 g/mol. The lowest BCUT2D eigenvalue weighted by Crippen LogP contribution is -2.28. The second kappa shape index (κ2) is 4.54. The van der Waals surface area contributed by atoms with E-state index in [1.807, 2.05) is 11.6 Å². The van der Waals surface area contributed by atoms with E-state index >= 15 is 0 Å². The topological polar surface area (TPSA) is 42.2 Å². The van der Waals surface area contributed by atoms with Crippen molar-refractivity contribution in [2.24, 2.45) is 5.73 Å². The van der Waals surface area contributed by atoms with Gasteiger partial charge in [-0.15, -0.1) is 11.3 Å². The smallest absolute Gasteiger partial charge is 0.109 e. The van der Waals surface area contributed by atoms with Crippen LogP contribution in [0.1, 0.15) is 18.0 Å². The van der Waals surface area contributed by atoms with Crippen LogP contribution in [-0.4, -0.2) is 30.0 Å². The summed E-state index contributed by atoms with van der Waals surface area (Å²) in [6.45, 7) is 3.77. The van der Waals surface area contributed by atoms with Crippen LogP contribution in [0.25, 0.3) is 0 Å². The standard InChI is InChI=1S/C8H15N3S/c1-7(11(2)5-3-9)8-10-4-6-12-8/h4,6-7H,3,5,9H2,1-2H3. The molecule has 1 heterocycles. The number of rotatable bonds is 4. The molecule has 1 aromatic rings. The number of thiazole rings is 1. The lowest BCUT2D eigenvalue weighted by molar-refractivity contribution is 0.268. The Morgan fingerprint density at radius 3 is 3.00 bits per heavy atom. The molecule has 0 aliphatic carbocycles. The SMILES string of the molecule is CC(c1nccs1)N(C)CCN. The third-order valence-electron chi connectivity index (χ3n) is 1.95. The molecule has 0 saturated heterocycles. The van der Waals surface area contributed by atoms with Gasteiger partial charge in [-0.1, -0.05) is 0 Å². The molecule has 0 aromatic carbocycles. The van der Waals surface area contributed by atoms with Crippen LogP contribution in [0, 0.1) is 0 Å². The summed E-state index contributed by atoms with van der Waals surface area (Å²) in [6.07, 6.45) is 1.84. The summed E-state index contributed by atoms with van der Waals surface area (Å²) in [6, 6.07) is 0.383. The fraction of sp³-hybridized carbons (Fsp3) is 0.625. The Bertz CT molecular complexity index is 210. The Kier molecular flexibility index (Phi) is 3.65. The van der Waals surface area contributed by atoms with Crippen LogP contribution < -0.4 is 5.73 Å². The van der Waals surface area contributed by atoms with E-state index in [2.05, 4.69) is 23.9 Å². The predicted molar refractivity (Wildman–Crippen MR) is 52.2 cm³/mol. The number of aromatic nitrogens is 1. The second-order valence-corrected chi connectivity index (χ2v) is 3.74. The molecule has 1 unspecified atom stereocenters. The monoisotopic (exact) mass is 185 g/mol. The zero-order valence-electron chi connectivity index (χ0n) is 7.53. The van der Waals surface area contributed by atoms with Crippen molar-refractivity contribution < 1.29 is 0 Å². The Hall–Kier alpha value is -0.450. The molecular formula is C8H15N3S. The highest BCUT2D eigenvalue weighted by Gasteiger charge is 2.12. The van der Waals surface area contributed by atoms with Gasteiger partial charge in [0.15, 0.2) is 0 Å². The Labute approximate surface area is 77.2 Å². The molecule has 0 amide bonds. The van der Waals surface area contributed by atoms with E-state index in [-0.39, 0.29) is 0 Å². The van der Waals surface area contributed by atoms with E-state index in [0.717, 1.165) is 11.6 Å². The summed E-state index contributed by atoms with van der Waals surface area (Å²) in [7, 11) is 2.07. The van der Waals surface area contributed by atoms with Crippen molar-refractivity contribution in [1.29, 1.82) is 0 Å². The first-order chi connectivity index (χ1) is 5.75. The zero-order valence-corrected chi connectivity index (χ0v) is 8.34. The first-order valence-corrected chi connectivity index (χ1v) is 4.93. The van der Waals surface area contributed by atoms with Crippen molar-refractivity contribution in [3.63, 3.8) is 0 Å². The van der Waals surface area contributed by atoms with Crippen molar-refractivity contribution in [2.45, 2.75) is 13.0 Å². The average molecular weight is 185 g/mol. The highest BCUT2D eigenvalue weighted by molar-refractivity contribution is 7.09. The Morgan fingerprint density at radius 2 is 2.50 bits per heavy atom. The number of hydrogen-bond donors (Lipinski definition) is 1. The molecule has 0 radical (unpaired) electrons. The predicted octanol–water partition coefficient (Wildman–Crippen LogP) is 1.09. The van der Waals surface area contributed by atoms with Crippen molar-refractivity contribution in [3.05, 3.63) is 16.6 Å². The van der Waals surface area contributed by atoms with Crippen LogP contribution in [0.3, 0.4) is 0 Å². The molecule has 2 N–H and O–H groups in total. The van der Waals surface area contributed by atoms with Gasteiger partial charge in [-0.25, -0.2) is 4.98 Å². The number of nitrogens with two attached hydrogens (primary N) is 1. The number of hydrogen-bond acceptors (Lipinski definition) is 4. The fourth-order valence-electron chi connectivity index (χ4n) is 1.03. The third-order valence-corrected chi connectivity index (χ3v) is 2.90. The molecule has 1 rings (SSSR count). The number of likely N-dealkylation sites (N-methyl/N-ethyl adjacent to an activating group) is 1. The van der Waals surface area contributed by atoms with Crippen molar-refractivity contribution in [2.75, 3.05) is 20.1 Å². The fourth-order valence-corrected chi connectivity index (χ4v) is 1.79. The summed E-state index contributed by atoms with van der Waals surface area (Å²) in [5.41, 5.74) is 5.46. The van der Waals surface area contributed by atoms with Gasteiger partial charge < -0.3 is 5.73 Å². The summed E-state index contributed by atoms with van der Waals surface area (Å²) in [5.74, 6) is 0. The summed E-state index contributed by atoms with van der Waals surface area (Å²) in [4.78, 5) is 6.46. The van der Waals surface area contributed by atoms with Gasteiger partial charge >= 0.3 is 0 Å². The van der Waals surface area contributed by atoms with Crippen LogP contribution in [0.2, 0.25) is 0 Å². The lowest BCUT2D eigenvalue weighted by atomic mass is 10.3. The van der Waals surface area contributed by atoms with Crippen LogP contribution in [0.15, 0.2) is 11.6 Å². The normalized spacial score (nSPS) is 13.7. The van der Waals surface area contributed by atoms with Crippen molar-refractivity contribution in [3.8, 4) is 0 Å². The number of nitrogens with zero attached hydrogens (tertiary/aromatic N) is 2. The molecule has 0 saturated carbocycles. The van der Waals surface area contributed by atoms with E-state index in [9.17, 15) is 0 Å². The first kappa shape index (κ1) is 9.64. The minimum Gasteiger partial charge on any atom is -0.329 e. The molecule has 1 aromatic heterocycles. The molecule has 1 atom stereocenters. The third kappa shape index (κ3) is 2.27. The van der Waals surface area contributed by atoms with Crippen LogP contribution in [0.4, 0.5) is 0 Å². The quantitative estimate of drug-likeness (QED) is 0.763. The van der Waals surface area contributed by atoms with Gasteiger partial charge in [-0.05, 0) is 14.0 Å². The van der Waals surface area contributed by atoms with E-state index < -0.39 is 0 Å². The molecule has 3 nitrogen and oxygen atoms in total. The zero-order chi connectivity index (χ0) is 8.97. The highest BCUT2D eigenvalue weighted by Crippen LogP contribution is 2.19. The minimum absolute atomic E-state index is 0.383. The van der Waals surface area contributed by atoms with Crippen molar-refractivity contribution in [1.82, 2.24) is 9.88 Å². The molecule has 4 heteroatoms. The van der Waals surface area contributed by atoms with Gasteiger partial charge in [0.1, 0.15) is 5.01 Å². The minimum atomic E-state index is 0.383. The summed E-state index contributed by atoms with van der Waals surface area (Å²) >= 11 is 1.69. The highest BCUT2D eigenvalue weighted by atomic mass is 32.1. The molecule has 0 bridgehead atoms. The second-order valence-electron chi connectivity index (χ2n) is 2.82.